The summed E-state index contributed by atoms with van der Waals surface area (Å²) >= 11 is 0. The molecule has 0 amide bonds. The highest BCUT2D eigenvalue weighted by Crippen LogP contribution is 2.39. The summed E-state index contributed by atoms with van der Waals surface area (Å²) in [5.74, 6) is 0. The Morgan fingerprint density at radius 3 is 1.33 bits per heavy atom. The zero-order valence-corrected chi connectivity index (χ0v) is 22.9. The van der Waals surface area contributed by atoms with Gasteiger partial charge in [0, 0.05) is 23.2 Å². The molecule has 1 aliphatic rings. The summed E-state index contributed by atoms with van der Waals surface area (Å²) in [5, 5.41) is 13.3. The number of fused-ring (bicyclic) bond motifs is 3. The summed E-state index contributed by atoms with van der Waals surface area (Å²) in [7, 11) is -7.82. The van der Waals surface area contributed by atoms with Gasteiger partial charge in [0.05, 0.1) is 9.79 Å². The Labute approximate surface area is 228 Å². The lowest BCUT2D eigenvalue weighted by Gasteiger charge is -2.15. The van der Waals surface area contributed by atoms with E-state index < -0.39 is 32.1 Å². The number of hydrogen-bond acceptors (Lipinski definition) is 6. The van der Waals surface area contributed by atoms with Crippen LogP contribution >= 0.6 is 0 Å². The van der Waals surface area contributed by atoms with Gasteiger partial charge in [0.1, 0.15) is 5.71 Å². The Hall–Kier alpha value is -3.83. The van der Waals surface area contributed by atoms with Crippen LogP contribution in [0.25, 0.3) is 11.1 Å². The van der Waals surface area contributed by atoms with E-state index in [0.717, 1.165) is 11.1 Å². The van der Waals surface area contributed by atoms with Crippen LogP contribution in [0.1, 0.15) is 48.2 Å². The zero-order chi connectivity index (χ0) is 27.8. The highest BCUT2D eigenvalue weighted by molar-refractivity contribution is 7.89. The van der Waals surface area contributed by atoms with Crippen molar-refractivity contribution in [3.05, 3.63) is 119 Å². The molecule has 0 radical (unpaired) electrons. The van der Waals surface area contributed by atoms with E-state index in [1.807, 2.05) is 60.7 Å². The van der Waals surface area contributed by atoms with E-state index >= 15 is 0 Å². The summed E-state index contributed by atoms with van der Waals surface area (Å²) in [5.41, 5.74) is 3.80. The maximum Gasteiger partial charge on any atom is 0.241 e. The predicted molar refractivity (Wildman–Crippen MR) is 150 cm³/mol. The van der Waals surface area contributed by atoms with E-state index in [4.69, 9.17) is 0 Å². The molecular weight excluding hydrogens is 534 g/mol. The van der Waals surface area contributed by atoms with E-state index in [-0.39, 0.29) is 15.5 Å². The fourth-order valence-corrected chi connectivity index (χ4v) is 7.23. The smallest absolute Gasteiger partial charge is 0.241 e. The molecule has 200 valence electrons. The molecule has 4 aromatic rings. The van der Waals surface area contributed by atoms with Gasteiger partial charge >= 0.3 is 0 Å². The average molecular weight is 562 g/mol. The number of sulfonamides is 2. The first-order valence-electron chi connectivity index (χ1n) is 12.3. The summed E-state index contributed by atoms with van der Waals surface area (Å²) in [6, 6.07) is 26.6. The van der Waals surface area contributed by atoms with Crippen molar-refractivity contribution in [1.29, 1.82) is 0 Å². The van der Waals surface area contributed by atoms with Crippen LogP contribution < -0.4 is 9.44 Å². The Morgan fingerprint density at radius 1 is 0.590 bits per heavy atom. The van der Waals surface area contributed by atoms with Crippen molar-refractivity contribution < 1.29 is 22.0 Å². The first-order valence-corrected chi connectivity index (χ1v) is 15.2. The average Bonchev–Trinajstić information content (AvgIpc) is 3.25. The summed E-state index contributed by atoms with van der Waals surface area (Å²) < 4.78 is 58.1. The highest BCUT2D eigenvalue weighted by atomic mass is 32.2. The Kier molecular flexibility index (Phi) is 7.13. The SMILES string of the molecule is C[C@@H](NS(=O)(=O)c1ccc2c(c1)C(=NO)c1cc(S(=O)(=O)N[C@H](C)c3ccccc3)ccc1-2)c1ccccc1. The van der Waals surface area contributed by atoms with Crippen molar-refractivity contribution in [2.75, 3.05) is 0 Å². The largest absolute Gasteiger partial charge is 0.410 e. The van der Waals surface area contributed by atoms with Gasteiger partial charge in [0.15, 0.2) is 0 Å². The lowest BCUT2D eigenvalue weighted by atomic mass is 10.1. The molecule has 4 aromatic carbocycles. The number of oxime groups is 1. The van der Waals surface area contributed by atoms with E-state index in [2.05, 4.69) is 14.6 Å². The van der Waals surface area contributed by atoms with Crippen molar-refractivity contribution >= 4 is 25.8 Å². The normalized spacial score (nSPS) is 14.4. The van der Waals surface area contributed by atoms with Crippen molar-refractivity contribution in [1.82, 2.24) is 9.44 Å². The quantitative estimate of drug-likeness (QED) is 0.182. The van der Waals surface area contributed by atoms with E-state index in [9.17, 15) is 22.0 Å². The summed E-state index contributed by atoms with van der Waals surface area (Å²) in [6.45, 7) is 3.51. The van der Waals surface area contributed by atoms with Crippen LogP contribution in [0, 0.1) is 0 Å². The number of nitrogens with zero attached hydrogens (tertiary/aromatic N) is 1. The first kappa shape index (κ1) is 26.8. The van der Waals surface area contributed by atoms with Crippen molar-refractivity contribution in [2.24, 2.45) is 5.16 Å². The molecular formula is C29H27N3O5S2. The highest BCUT2D eigenvalue weighted by Gasteiger charge is 2.30. The number of benzene rings is 4. The lowest BCUT2D eigenvalue weighted by Crippen LogP contribution is -2.27. The van der Waals surface area contributed by atoms with Crippen LogP contribution in [0.3, 0.4) is 0 Å². The topological polar surface area (TPSA) is 125 Å². The molecule has 0 saturated carbocycles. The van der Waals surface area contributed by atoms with Gasteiger partial charge in [-0.1, -0.05) is 78.0 Å². The second-order valence-corrected chi connectivity index (χ2v) is 12.8. The van der Waals surface area contributed by atoms with Crippen LogP contribution in [0.4, 0.5) is 0 Å². The zero-order valence-electron chi connectivity index (χ0n) is 21.2. The molecule has 3 N–H and O–H groups in total. The van der Waals surface area contributed by atoms with Gasteiger partial charge in [-0.15, -0.1) is 0 Å². The maximum atomic E-state index is 13.2. The van der Waals surface area contributed by atoms with Crippen LogP contribution in [0.2, 0.25) is 0 Å². The van der Waals surface area contributed by atoms with E-state index in [0.29, 0.717) is 22.3 Å². The van der Waals surface area contributed by atoms with Gasteiger partial charge in [0.2, 0.25) is 20.0 Å². The van der Waals surface area contributed by atoms with E-state index in [1.165, 1.54) is 24.3 Å². The van der Waals surface area contributed by atoms with Gasteiger partial charge in [-0.25, -0.2) is 26.3 Å². The first-order chi connectivity index (χ1) is 18.6. The molecule has 10 heteroatoms. The number of hydrogen-bond donors (Lipinski definition) is 3. The number of rotatable bonds is 8. The van der Waals surface area contributed by atoms with Gasteiger partial charge in [-0.2, -0.15) is 0 Å². The third-order valence-electron chi connectivity index (χ3n) is 6.77. The molecule has 5 rings (SSSR count). The lowest BCUT2D eigenvalue weighted by molar-refractivity contribution is 0.320. The summed E-state index contributed by atoms with van der Waals surface area (Å²) in [4.78, 5) is 0.00775. The minimum Gasteiger partial charge on any atom is -0.410 e. The van der Waals surface area contributed by atoms with Crippen molar-refractivity contribution in [3.8, 4) is 11.1 Å². The van der Waals surface area contributed by atoms with Crippen LogP contribution in [-0.4, -0.2) is 27.8 Å². The molecule has 39 heavy (non-hydrogen) atoms. The Balaban J connectivity index is 1.44. The third kappa shape index (κ3) is 5.24. The number of nitrogens with one attached hydrogen (secondary N) is 2. The fraction of sp³-hybridized carbons (Fsp3) is 0.138. The molecule has 0 unspecified atom stereocenters. The fourth-order valence-electron chi connectivity index (χ4n) is 4.72. The van der Waals surface area contributed by atoms with E-state index in [1.54, 1.807) is 26.0 Å². The minimum absolute atomic E-state index is 0.00387. The van der Waals surface area contributed by atoms with Gasteiger partial charge < -0.3 is 5.21 Å². The molecule has 0 bridgehead atoms. The molecule has 0 fully saturated rings. The predicted octanol–water partition coefficient (Wildman–Crippen LogP) is 4.97. The molecule has 2 atom stereocenters. The second-order valence-electron chi connectivity index (χ2n) is 9.37. The van der Waals surface area contributed by atoms with Crippen LogP contribution in [0.15, 0.2) is 112 Å². The Morgan fingerprint density at radius 2 is 0.974 bits per heavy atom. The maximum absolute atomic E-state index is 13.2. The Bertz CT molecular complexity index is 1640. The standard InChI is InChI=1S/C29H27N3O5S2/c1-19(21-9-5-3-6-10-21)31-38(34,35)23-13-15-25-26-16-14-24(18-28(26)29(30-33)27(25)17-23)39(36,37)32-20(2)22-11-7-4-8-12-22/h3-20,31-33H,1-2H3/t19-,20-/m1/s1. The second kappa shape index (κ2) is 10.4. The van der Waals surface area contributed by atoms with Gasteiger partial charge in [0.25, 0.3) is 0 Å². The molecule has 0 aliphatic heterocycles. The third-order valence-corrected chi connectivity index (χ3v) is 9.84. The van der Waals surface area contributed by atoms with Crippen LogP contribution in [-0.2, 0) is 20.0 Å². The molecule has 8 nitrogen and oxygen atoms in total. The molecule has 0 saturated heterocycles. The molecule has 0 heterocycles. The van der Waals surface area contributed by atoms with Gasteiger partial charge in [-0.05, 0) is 60.4 Å². The van der Waals surface area contributed by atoms with Crippen molar-refractivity contribution in [3.63, 3.8) is 0 Å². The monoisotopic (exact) mass is 561 g/mol. The molecule has 0 aromatic heterocycles. The molecule has 1 aliphatic carbocycles. The van der Waals surface area contributed by atoms with Crippen molar-refractivity contribution in [2.45, 2.75) is 35.7 Å². The van der Waals surface area contributed by atoms with Crippen LogP contribution in [0.5, 0.6) is 0 Å². The summed E-state index contributed by atoms with van der Waals surface area (Å²) in [6.07, 6.45) is 0. The molecule has 0 spiro atoms. The van der Waals surface area contributed by atoms with Gasteiger partial charge in [-0.3, -0.25) is 0 Å². The minimum atomic E-state index is -3.91.